The van der Waals surface area contributed by atoms with Gasteiger partial charge in [-0.2, -0.15) is 0 Å². The topological polar surface area (TPSA) is 46.2 Å². The van der Waals surface area contributed by atoms with Crippen molar-refractivity contribution in [2.45, 2.75) is 72.8 Å². The van der Waals surface area contributed by atoms with Crippen LogP contribution in [0.25, 0.3) is 0 Å². The molecule has 1 saturated carbocycles. The Labute approximate surface area is 119 Å². The van der Waals surface area contributed by atoms with Gasteiger partial charge in [-0.3, -0.25) is 0 Å². The van der Waals surface area contributed by atoms with Crippen molar-refractivity contribution < 1.29 is 8.42 Å². The van der Waals surface area contributed by atoms with Crippen molar-refractivity contribution in [2.24, 2.45) is 16.7 Å². The van der Waals surface area contributed by atoms with E-state index in [0.717, 1.165) is 31.6 Å². The average molecular weight is 289 g/mol. The molecule has 19 heavy (non-hydrogen) atoms. The van der Waals surface area contributed by atoms with E-state index in [9.17, 15) is 8.42 Å². The molecule has 1 N–H and O–H groups in total. The lowest BCUT2D eigenvalue weighted by molar-refractivity contribution is 0.0825. The molecule has 0 unspecified atom stereocenters. The Hall–Kier alpha value is -0.0900. The molecule has 1 rings (SSSR count). The van der Waals surface area contributed by atoms with Crippen LogP contribution in [0.1, 0.15) is 66.7 Å². The van der Waals surface area contributed by atoms with E-state index in [1.165, 1.54) is 12.7 Å². The molecular formula is C15H31NO2S. The zero-order chi connectivity index (χ0) is 14.9. The Bertz CT molecular complexity index is 385. The zero-order valence-corrected chi connectivity index (χ0v) is 14.2. The lowest BCUT2D eigenvalue weighted by Crippen LogP contribution is -2.38. The summed E-state index contributed by atoms with van der Waals surface area (Å²) in [6.45, 7) is 11.6. The quantitative estimate of drug-likeness (QED) is 0.860. The van der Waals surface area contributed by atoms with Crippen molar-refractivity contribution >= 4 is 10.0 Å². The van der Waals surface area contributed by atoms with E-state index < -0.39 is 10.0 Å². The van der Waals surface area contributed by atoms with Crippen LogP contribution in [0.4, 0.5) is 0 Å². The van der Waals surface area contributed by atoms with Gasteiger partial charge in [0.2, 0.25) is 10.0 Å². The molecule has 0 bridgehead atoms. The van der Waals surface area contributed by atoms with Gasteiger partial charge in [-0.25, -0.2) is 13.1 Å². The van der Waals surface area contributed by atoms with Crippen LogP contribution in [0, 0.1) is 16.7 Å². The molecule has 0 atom stereocenters. The van der Waals surface area contributed by atoms with Crippen LogP contribution < -0.4 is 4.72 Å². The highest BCUT2D eigenvalue weighted by molar-refractivity contribution is 7.88. The molecule has 4 heteroatoms. The first-order valence-electron chi connectivity index (χ1n) is 7.38. The molecule has 0 aromatic carbocycles. The van der Waals surface area contributed by atoms with Crippen molar-refractivity contribution in [3.05, 3.63) is 0 Å². The fourth-order valence-electron chi connectivity index (χ4n) is 2.82. The summed E-state index contributed by atoms with van der Waals surface area (Å²) >= 11 is 0. The molecule has 0 saturated heterocycles. The summed E-state index contributed by atoms with van der Waals surface area (Å²) in [7, 11) is -3.05. The number of hydrogen-bond donors (Lipinski definition) is 1. The SMILES string of the molecule is CC(C)(C)C(C)(C)CC1CCC(NS(C)(=O)=O)CC1. The van der Waals surface area contributed by atoms with Gasteiger partial charge in [0.1, 0.15) is 0 Å². The van der Waals surface area contributed by atoms with Crippen LogP contribution in [-0.4, -0.2) is 20.7 Å². The molecule has 0 radical (unpaired) electrons. The second-order valence-electron chi connectivity index (χ2n) is 7.95. The van der Waals surface area contributed by atoms with Gasteiger partial charge in [-0.05, 0) is 48.9 Å². The van der Waals surface area contributed by atoms with E-state index in [-0.39, 0.29) is 6.04 Å². The molecule has 114 valence electrons. The van der Waals surface area contributed by atoms with Gasteiger partial charge in [0.15, 0.2) is 0 Å². The van der Waals surface area contributed by atoms with Gasteiger partial charge >= 0.3 is 0 Å². The van der Waals surface area contributed by atoms with Crippen molar-refractivity contribution in [2.75, 3.05) is 6.26 Å². The first kappa shape index (κ1) is 17.0. The smallest absolute Gasteiger partial charge is 0.208 e. The highest BCUT2D eigenvalue weighted by atomic mass is 32.2. The molecule has 1 fully saturated rings. The molecule has 0 amide bonds. The maximum atomic E-state index is 11.2. The summed E-state index contributed by atoms with van der Waals surface area (Å²) < 4.78 is 25.2. The number of rotatable bonds is 4. The predicted molar refractivity (Wildman–Crippen MR) is 81.6 cm³/mol. The summed E-state index contributed by atoms with van der Waals surface area (Å²) in [5.41, 5.74) is 0.642. The summed E-state index contributed by atoms with van der Waals surface area (Å²) in [5.74, 6) is 0.742. The molecule has 0 aliphatic heterocycles. The van der Waals surface area contributed by atoms with Crippen molar-refractivity contribution in [3.63, 3.8) is 0 Å². The standard InChI is InChI=1S/C15H31NO2S/c1-14(2,3)15(4,5)11-12-7-9-13(10-8-12)16-19(6,17)18/h12-13,16H,7-11H2,1-6H3. The molecule has 0 aromatic heterocycles. The molecule has 0 aromatic rings. The highest BCUT2D eigenvalue weighted by Crippen LogP contribution is 2.45. The third-order valence-electron chi connectivity index (χ3n) is 5.06. The minimum Gasteiger partial charge on any atom is -0.213 e. The van der Waals surface area contributed by atoms with E-state index in [0.29, 0.717) is 10.8 Å². The maximum Gasteiger partial charge on any atom is 0.208 e. The number of nitrogens with one attached hydrogen (secondary N) is 1. The Morgan fingerprint density at radius 2 is 1.47 bits per heavy atom. The third kappa shape index (κ3) is 5.42. The van der Waals surface area contributed by atoms with Crippen molar-refractivity contribution in [1.82, 2.24) is 4.72 Å². The van der Waals surface area contributed by atoms with Gasteiger partial charge in [-0.1, -0.05) is 34.6 Å². The summed E-state index contributed by atoms with van der Waals surface area (Å²) in [5, 5.41) is 0. The molecule has 0 spiro atoms. The van der Waals surface area contributed by atoms with Crippen LogP contribution >= 0.6 is 0 Å². The van der Waals surface area contributed by atoms with Crippen LogP contribution in [0.15, 0.2) is 0 Å². The van der Waals surface area contributed by atoms with Gasteiger partial charge in [-0.15, -0.1) is 0 Å². The molecule has 3 nitrogen and oxygen atoms in total. The predicted octanol–water partition coefficient (Wildman–Crippen LogP) is 3.56. The average Bonchev–Trinajstić information content (AvgIpc) is 2.16. The van der Waals surface area contributed by atoms with Gasteiger partial charge < -0.3 is 0 Å². The molecule has 0 heterocycles. The zero-order valence-electron chi connectivity index (χ0n) is 13.4. The summed E-state index contributed by atoms with van der Waals surface area (Å²) in [4.78, 5) is 0. The second-order valence-corrected chi connectivity index (χ2v) is 9.73. The largest absolute Gasteiger partial charge is 0.213 e. The monoisotopic (exact) mass is 289 g/mol. The van der Waals surface area contributed by atoms with E-state index in [1.807, 2.05) is 0 Å². The second kappa shape index (κ2) is 5.72. The van der Waals surface area contributed by atoms with Crippen LogP contribution in [0.2, 0.25) is 0 Å². The normalized spacial score (nSPS) is 26.4. The Morgan fingerprint density at radius 3 is 1.84 bits per heavy atom. The Kier molecular flexibility index (Phi) is 5.11. The lowest BCUT2D eigenvalue weighted by Gasteiger charge is -2.43. The summed E-state index contributed by atoms with van der Waals surface area (Å²) in [6.07, 6.45) is 6.75. The van der Waals surface area contributed by atoms with Crippen LogP contribution in [0.3, 0.4) is 0 Å². The number of hydrogen-bond acceptors (Lipinski definition) is 2. The Morgan fingerprint density at radius 1 is 1.00 bits per heavy atom. The van der Waals surface area contributed by atoms with E-state index in [4.69, 9.17) is 0 Å². The minimum absolute atomic E-state index is 0.156. The molecule has 1 aliphatic carbocycles. The van der Waals surface area contributed by atoms with E-state index in [1.54, 1.807) is 0 Å². The highest BCUT2D eigenvalue weighted by Gasteiger charge is 2.36. The summed E-state index contributed by atoms with van der Waals surface area (Å²) in [6, 6.07) is 0.156. The van der Waals surface area contributed by atoms with E-state index in [2.05, 4.69) is 39.3 Å². The fraction of sp³-hybridized carbons (Fsp3) is 1.00. The maximum absolute atomic E-state index is 11.2. The van der Waals surface area contributed by atoms with Gasteiger partial charge in [0.05, 0.1) is 6.26 Å². The first-order chi connectivity index (χ1) is 8.41. The van der Waals surface area contributed by atoms with Gasteiger partial charge in [0.25, 0.3) is 0 Å². The van der Waals surface area contributed by atoms with E-state index >= 15 is 0 Å². The van der Waals surface area contributed by atoms with Crippen molar-refractivity contribution in [3.8, 4) is 0 Å². The Balaban J connectivity index is 2.47. The molecular weight excluding hydrogens is 258 g/mol. The lowest BCUT2D eigenvalue weighted by atomic mass is 9.63. The first-order valence-corrected chi connectivity index (χ1v) is 9.27. The molecule has 1 aliphatic rings. The number of sulfonamides is 1. The van der Waals surface area contributed by atoms with Crippen molar-refractivity contribution in [1.29, 1.82) is 0 Å². The van der Waals surface area contributed by atoms with Crippen LogP contribution in [-0.2, 0) is 10.0 Å². The third-order valence-corrected chi connectivity index (χ3v) is 5.82. The van der Waals surface area contributed by atoms with Gasteiger partial charge in [0, 0.05) is 6.04 Å². The fourth-order valence-corrected chi connectivity index (χ4v) is 3.66. The van der Waals surface area contributed by atoms with Crippen LogP contribution in [0.5, 0.6) is 0 Å². The minimum atomic E-state index is -3.05.